The molecule has 2 rings (SSSR count). The molecule has 70 valence electrons. The third-order valence-electron chi connectivity index (χ3n) is 2.84. The summed E-state index contributed by atoms with van der Waals surface area (Å²) < 4.78 is 28.3. The third-order valence-corrected chi connectivity index (χ3v) is 5.07. The van der Waals surface area contributed by atoms with Crippen LogP contribution in [0.1, 0.15) is 13.3 Å². The van der Waals surface area contributed by atoms with E-state index in [2.05, 4.69) is 5.32 Å². The molecule has 0 saturated carbocycles. The maximum Gasteiger partial charge on any atom is 0.157 e. The predicted molar refractivity (Wildman–Crippen MR) is 44.6 cm³/mol. The highest BCUT2D eigenvalue weighted by Crippen LogP contribution is 2.33. The Morgan fingerprint density at radius 2 is 2.33 bits per heavy atom. The first kappa shape index (κ1) is 8.47. The quantitative estimate of drug-likeness (QED) is 0.561. The number of hydrogen-bond acceptors (Lipinski definition) is 4. The van der Waals surface area contributed by atoms with Crippen LogP contribution in [0.4, 0.5) is 0 Å². The maximum atomic E-state index is 11.4. The molecular weight excluding hydrogens is 178 g/mol. The summed E-state index contributed by atoms with van der Waals surface area (Å²) in [6, 6.07) is 0. The van der Waals surface area contributed by atoms with E-state index in [1.807, 2.05) is 0 Å². The number of rotatable bonds is 0. The van der Waals surface area contributed by atoms with Crippen molar-refractivity contribution in [1.82, 2.24) is 5.32 Å². The van der Waals surface area contributed by atoms with Crippen molar-refractivity contribution < 1.29 is 13.2 Å². The van der Waals surface area contributed by atoms with Crippen LogP contribution in [0, 0.1) is 0 Å². The number of ether oxygens (including phenoxy) is 1. The normalized spacial score (nSPS) is 45.6. The van der Waals surface area contributed by atoms with Gasteiger partial charge in [0, 0.05) is 13.0 Å². The van der Waals surface area contributed by atoms with Crippen molar-refractivity contribution in [2.24, 2.45) is 0 Å². The fraction of sp³-hybridized carbons (Fsp3) is 1.00. The highest BCUT2D eigenvalue weighted by atomic mass is 32.2. The van der Waals surface area contributed by atoms with E-state index in [0.717, 1.165) is 6.54 Å². The van der Waals surface area contributed by atoms with Crippen LogP contribution in [0.15, 0.2) is 0 Å². The summed E-state index contributed by atoms with van der Waals surface area (Å²) >= 11 is 0. The standard InChI is InChI=1S/C7H13NO3S/c1-6-7(8-3-4-11-7)2-5-12(6,9)10/h6,8H,2-5H2,1H3. The second-order valence-corrected chi connectivity index (χ2v) is 5.87. The molecule has 2 unspecified atom stereocenters. The van der Waals surface area contributed by atoms with Crippen LogP contribution in [0.3, 0.4) is 0 Å². The first-order valence-corrected chi connectivity index (χ1v) is 5.89. The average molecular weight is 191 g/mol. The predicted octanol–water partition coefficient (Wildman–Crippen LogP) is -0.490. The van der Waals surface area contributed by atoms with E-state index in [1.54, 1.807) is 6.92 Å². The van der Waals surface area contributed by atoms with E-state index in [1.165, 1.54) is 0 Å². The molecule has 5 heteroatoms. The van der Waals surface area contributed by atoms with Gasteiger partial charge in [-0.3, -0.25) is 5.32 Å². The zero-order valence-corrected chi connectivity index (χ0v) is 7.86. The molecule has 2 atom stereocenters. The Hall–Kier alpha value is -0.130. The van der Waals surface area contributed by atoms with Gasteiger partial charge in [0.25, 0.3) is 0 Å². The van der Waals surface area contributed by atoms with Crippen LogP contribution >= 0.6 is 0 Å². The average Bonchev–Trinajstić information content (AvgIpc) is 2.55. The Balaban J connectivity index is 2.31. The summed E-state index contributed by atoms with van der Waals surface area (Å²) in [6.45, 7) is 3.11. The summed E-state index contributed by atoms with van der Waals surface area (Å²) in [5.41, 5.74) is -0.557. The molecule has 0 aromatic rings. The van der Waals surface area contributed by atoms with Gasteiger partial charge in [-0.05, 0) is 6.92 Å². The van der Waals surface area contributed by atoms with Gasteiger partial charge in [0.2, 0.25) is 0 Å². The van der Waals surface area contributed by atoms with Crippen molar-refractivity contribution in [3.05, 3.63) is 0 Å². The van der Waals surface area contributed by atoms with E-state index in [0.29, 0.717) is 13.0 Å². The minimum Gasteiger partial charge on any atom is -0.358 e. The van der Waals surface area contributed by atoms with Crippen LogP contribution in [0.2, 0.25) is 0 Å². The zero-order chi connectivity index (χ0) is 8.82. The number of hydrogen-bond donors (Lipinski definition) is 1. The lowest BCUT2D eigenvalue weighted by atomic mass is 10.1. The van der Waals surface area contributed by atoms with Crippen molar-refractivity contribution in [3.63, 3.8) is 0 Å². The molecule has 2 aliphatic heterocycles. The molecule has 0 radical (unpaired) electrons. The summed E-state index contributed by atoms with van der Waals surface area (Å²) in [6.07, 6.45) is 0.594. The molecule has 0 aliphatic carbocycles. The van der Waals surface area contributed by atoms with Gasteiger partial charge in [0.05, 0.1) is 12.4 Å². The van der Waals surface area contributed by atoms with E-state index in [-0.39, 0.29) is 5.75 Å². The molecule has 2 heterocycles. The van der Waals surface area contributed by atoms with Crippen LogP contribution in [-0.2, 0) is 14.6 Å². The molecule has 1 spiro atoms. The van der Waals surface area contributed by atoms with E-state index >= 15 is 0 Å². The summed E-state index contributed by atoms with van der Waals surface area (Å²) in [7, 11) is -2.90. The lowest BCUT2D eigenvalue weighted by molar-refractivity contribution is -0.00531. The maximum absolute atomic E-state index is 11.4. The first-order valence-electron chi connectivity index (χ1n) is 4.17. The monoisotopic (exact) mass is 191 g/mol. The van der Waals surface area contributed by atoms with Crippen LogP contribution < -0.4 is 5.32 Å². The van der Waals surface area contributed by atoms with Gasteiger partial charge in [0.1, 0.15) is 11.0 Å². The topological polar surface area (TPSA) is 55.4 Å². The molecule has 2 saturated heterocycles. The molecule has 1 N–H and O–H groups in total. The second kappa shape index (κ2) is 2.43. The molecule has 0 amide bonds. The fourth-order valence-corrected chi connectivity index (χ4v) is 3.72. The first-order chi connectivity index (χ1) is 5.57. The lowest BCUT2D eigenvalue weighted by Crippen LogP contribution is -2.48. The van der Waals surface area contributed by atoms with Crippen molar-refractivity contribution in [1.29, 1.82) is 0 Å². The highest BCUT2D eigenvalue weighted by Gasteiger charge is 2.52. The Morgan fingerprint density at radius 1 is 1.58 bits per heavy atom. The van der Waals surface area contributed by atoms with E-state index in [4.69, 9.17) is 4.74 Å². The number of nitrogens with one attached hydrogen (secondary N) is 1. The Kier molecular flexibility index (Phi) is 1.72. The molecule has 4 nitrogen and oxygen atoms in total. The molecule has 12 heavy (non-hydrogen) atoms. The van der Waals surface area contributed by atoms with Crippen molar-refractivity contribution in [2.75, 3.05) is 18.9 Å². The highest BCUT2D eigenvalue weighted by molar-refractivity contribution is 7.92. The Morgan fingerprint density at radius 3 is 2.75 bits per heavy atom. The smallest absolute Gasteiger partial charge is 0.157 e. The second-order valence-electron chi connectivity index (χ2n) is 3.42. The number of sulfone groups is 1. The van der Waals surface area contributed by atoms with Gasteiger partial charge in [-0.1, -0.05) is 0 Å². The van der Waals surface area contributed by atoms with Gasteiger partial charge >= 0.3 is 0 Å². The summed E-state index contributed by atoms with van der Waals surface area (Å²) in [4.78, 5) is 0. The van der Waals surface area contributed by atoms with Crippen molar-refractivity contribution in [3.8, 4) is 0 Å². The minimum absolute atomic E-state index is 0.251. The SMILES string of the molecule is CC1C2(CCS1(=O)=O)NCCO2. The lowest BCUT2D eigenvalue weighted by Gasteiger charge is -2.26. The van der Waals surface area contributed by atoms with E-state index in [9.17, 15) is 8.42 Å². The van der Waals surface area contributed by atoms with E-state index < -0.39 is 20.8 Å². The molecule has 0 bridgehead atoms. The fourth-order valence-electron chi connectivity index (χ4n) is 1.93. The van der Waals surface area contributed by atoms with Crippen LogP contribution in [0.25, 0.3) is 0 Å². The summed E-state index contributed by atoms with van der Waals surface area (Å²) in [5, 5.41) is 2.74. The van der Waals surface area contributed by atoms with Gasteiger partial charge < -0.3 is 4.74 Å². The molecule has 0 aromatic heterocycles. The summed E-state index contributed by atoms with van der Waals surface area (Å²) in [5.74, 6) is 0.251. The van der Waals surface area contributed by atoms with Gasteiger partial charge in [-0.2, -0.15) is 0 Å². The largest absolute Gasteiger partial charge is 0.358 e. The molecule has 2 aliphatic rings. The molecule has 0 aromatic carbocycles. The van der Waals surface area contributed by atoms with Gasteiger partial charge in [0.15, 0.2) is 9.84 Å². The van der Waals surface area contributed by atoms with Gasteiger partial charge in [-0.15, -0.1) is 0 Å². The van der Waals surface area contributed by atoms with Crippen molar-refractivity contribution in [2.45, 2.75) is 24.3 Å². The molecular formula is C7H13NO3S. The zero-order valence-electron chi connectivity index (χ0n) is 7.04. The van der Waals surface area contributed by atoms with Gasteiger partial charge in [-0.25, -0.2) is 8.42 Å². The van der Waals surface area contributed by atoms with Crippen LogP contribution in [-0.4, -0.2) is 38.3 Å². The molecule has 2 fully saturated rings. The Labute approximate surface area is 72.2 Å². The third kappa shape index (κ3) is 1.000. The Bertz CT molecular complexity index is 279. The van der Waals surface area contributed by atoms with Crippen molar-refractivity contribution >= 4 is 9.84 Å². The minimum atomic E-state index is -2.90. The van der Waals surface area contributed by atoms with Crippen LogP contribution in [0.5, 0.6) is 0 Å².